The number of rotatable bonds is 4. The van der Waals surface area contributed by atoms with Crippen molar-refractivity contribution in [3.63, 3.8) is 0 Å². The number of hydrogen-bond acceptors (Lipinski definition) is 8. The van der Waals surface area contributed by atoms with Gasteiger partial charge in [0.25, 0.3) is 5.91 Å². The Kier molecular flexibility index (Phi) is 4.95. The first kappa shape index (κ1) is 21.2. The van der Waals surface area contributed by atoms with Gasteiger partial charge in [-0.3, -0.25) is 9.79 Å². The van der Waals surface area contributed by atoms with Crippen molar-refractivity contribution in [3.8, 4) is 5.88 Å². The summed E-state index contributed by atoms with van der Waals surface area (Å²) in [4.78, 5) is 24.8. The largest absolute Gasteiger partial charge is 0.480 e. The third-order valence-corrected chi connectivity index (χ3v) is 8.69. The Bertz CT molecular complexity index is 1180. The number of ether oxygens (including phenoxy) is 1. The fourth-order valence-electron chi connectivity index (χ4n) is 4.02. The van der Waals surface area contributed by atoms with Gasteiger partial charge in [-0.2, -0.15) is 0 Å². The Hall–Kier alpha value is -3.08. The molecule has 0 bridgehead atoms. The van der Waals surface area contributed by atoms with E-state index < -0.39 is 31.8 Å². The number of nitrogens with two attached hydrogens (primary N) is 1. The molecule has 2 aromatic rings. The van der Waals surface area contributed by atoms with E-state index in [1.54, 1.807) is 0 Å². The fraction of sp³-hybridized carbons (Fsp3) is 0.400. The molecule has 4 rings (SSSR count). The highest BCUT2D eigenvalue weighted by atomic mass is 32.2. The lowest BCUT2D eigenvalue weighted by molar-refractivity contribution is 0.102. The summed E-state index contributed by atoms with van der Waals surface area (Å²) in [6, 6.07) is 3.89. The second kappa shape index (κ2) is 7.26. The molecule has 164 valence electrons. The number of methoxy groups -OCH3 is 1. The molecule has 2 aliphatic rings. The van der Waals surface area contributed by atoms with Crippen molar-refractivity contribution < 1.29 is 22.3 Å². The lowest BCUT2D eigenvalue weighted by Gasteiger charge is -2.46. The summed E-state index contributed by atoms with van der Waals surface area (Å²) in [7, 11) is -2.21. The van der Waals surface area contributed by atoms with E-state index in [0.29, 0.717) is 12.8 Å². The SMILES string of the molecule is COc1cnc(C(=O)Nc2ccc(F)c([C@]3(C)CS(=O)(=O)C4(CCC4)C(N)=N3)c2)cn1. The second-order valence-corrected chi connectivity index (χ2v) is 10.3. The first-order chi connectivity index (χ1) is 14.6. The van der Waals surface area contributed by atoms with Crippen LogP contribution in [0.3, 0.4) is 0 Å². The molecule has 1 aromatic heterocycles. The zero-order valence-electron chi connectivity index (χ0n) is 17.1. The van der Waals surface area contributed by atoms with Gasteiger partial charge >= 0.3 is 0 Å². The van der Waals surface area contributed by atoms with Crippen LogP contribution < -0.4 is 15.8 Å². The van der Waals surface area contributed by atoms with Gasteiger partial charge in [0.1, 0.15) is 27.6 Å². The van der Waals surface area contributed by atoms with Crippen LogP contribution >= 0.6 is 0 Å². The number of hydrogen-bond donors (Lipinski definition) is 2. The summed E-state index contributed by atoms with van der Waals surface area (Å²) in [5.74, 6) is -1.29. The zero-order valence-corrected chi connectivity index (χ0v) is 17.9. The van der Waals surface area contributed by atoms with Gasteiger partial charge in [0.2, 0.25) is 5.88 Å². The van der Waals surface area contributed by atoms with Gasteiger partial charge in [-0.15, -0.1) is 0 Å². The smallest absolute Gasteiger partial charge is 0.275 e. The number of aliphatic imine (C=N–C) groups is 1. The number of amides is 1. The van der Waals surface area contributed by atoms with Crippen molar-refractivity contribution in [2.45, 2.75) is 36.5 Å². The van der Waals surface area contributed by atoms with Crippen molar-refractivity contribution in [3.05, 3.63) is 47.7 Å². The number of carbonyl (C=O) groups is 1. The highest BCUT2D eigenvalue weighted by Gasteiger charge is 2.58. The predicted molar refractivity (Wildman–Crippen MR) is 112 cm³/mol. The Morgan fingerprint density at radius 2 is 2.00 bits per heavy atom. The molecule has 11 heteroatoms. The van der Waals surface area contributed by atoms with Gasteiger partial charge in [0, 0.05) is 11.3 Å². The summed E-state index contributed by atoms with van der Waals surface area (Å²) in [6.07, 6.45) is 4.17. The molecule has 1 aliphatic heterocycles. The third kappa shape index (κ3) is 3.42. The molecule has 1 aliphatic carbocycles. The number of nitrogens with zero attached hydrogens (tertiary/aromatic N) is 3. The van der Waals surface area contributed by atoms with Crippen molar-refractivity contribution >= 4 is 27.3 Å². The molecular formula is C20H22FN5O4S. The fourth-order valence-corrected chi connectivity index (χ4v) is 6.53. The quantitative estimate of drug-likeness (QED) is 0.729. The van der Waals surface area contributed by atoms with Gasteiger partial charge in [0.15, 0.2) is 9.84 Å². The summed E-state index contributed by atoms with van der Waals surface area (Å²) >= 11 is 0. The van der Waals surface area contributed by atoms with E-state index in [2.05, 4.69) is 20.3 Å². The molecule has 1 aromatic carbocycles. The Labute approximate surface area is 178 Å². The van der Waals surface area contributed by atoms with Crippen LogP contribution in [0.1, 0.15) is 42.2 Å². The summed E-state index contributed by atoms with van der Waals surface area (Å²) in [6.45, 7) is 1.53. The van der Waals surface area contributed by atoms with Crippen LogP contribution in [0.4, 0.5) is 10.1 Å². The monoisotopic (exact) mass is 447 g/mol. The maximum atomic E-state index is 14.8. The predicted octanol–water partition coefficient (Wildman–Crippen LogP) is 1.80. The molecule has 9 nitrogen and oxygen atoms in total. The number of amidine groups is 1. The van der Waals surface area contributed by atoms with Crippen LogP contribution in [0.25, 0.3) is 0 Å². The normalized spacial score (nSPS) is 23.5. The van der Waals surface area contributed by atoms with Crippen LogP contribution in [-0.4, -0.2) is 47.7 Å². The van der Waals surface area contributed by atoms with Crippen LogP contribution in [0, 0.1) is 5.82 Å². The molecule has 1 saturated carbocycles. The second-order valence-electron chi connectivity index (χ2n) is 7.97. The van der Waals surface area contributed by atoms with Gasteiger partial charge in [-0.1, -0.05) is 0 Å². The molecule has 0 saturated heterocycles. The van der Waals surface area contributed by atoms with Gasteiger partial charge < -0.3 is 15.8 Å². The van der Waals surface area contributed by atoms with E-state index in [1.807, 2.05) is 0 Å². The molecule has 1 fully saturated rings. The molecule has 1 spiro atoms. The number of halogens is 1. The zero-order chi connectivity index (χ0) is 22.4. The average Bonchev–Trinajstić information content (AvgIpc) is 2.67. The minimum absolute atomic E-state index is 0.0230. The minimum atomic E-state index is -3.63. The maximum Gasteiger partial charge on any atom is 0.275 e. The first-order valence-corrected chi connectivity index (χ1v) is 11.3. The number of carbonyl (C=O) groups excluding carboxylic acids is 1. The highest BCUT2D eigenvalue weighted by molar-refractivity contribution is 7.93. The van der Waals surface area contributed by atoms with Crippen LogP contribution in [0.15, 0.2) is 35.6 Å². The van der Waals surface area contributed by atoms with E-state index >= 15 is 0 Å². The van der Waals surface area contributed by atoms with Crippen molar-refractivity contribution in [2.75, 3.05) is 18.2 Å². The Balaban J connectivity index is 1.65. The highest BCUT2D eigenvalue weighted by Crippen LogP contribution is 2.47. The van der Waals surface area contributed by atoms with Gasteiger partial charge in [0.05, 0.1) is 25.3 Å². The van der Waals surface area contributed by atoms with Crippen LogP contribution in [0.2, 0.25) is 0 Å². The van der Waals surface area contributed by atoms with Gasteiger partial charge in [-0.05, 0) is 44.4 Å². The molecule has 0 unspecified atom stereocenters. The lowest BCUT2D eigenvalue weighted by Crippen LogP contribution is -2.61. The molecule has 1 amide bonds. The standard InChI is InChI=1S/C20H22FN5O4S/c1-19(11-31(28,29)20(6-3-7-20)18(22)26-19)13-8-12(4-5-14(13)21)25-17(27)15-9-24-16(30-2)10-23-15/h4-5,8-10H,3,6-7,11H2,1-2H3,(H2,22,26)(H,25,27)/t19-/m0/s1. The molecule has 0 radical (unpaired) electrons. The van der Waals surface area contributed by atoms with E-state index in [-0.39, 0.29) is 34.4 Å². The van der Waals surface area contributed by atoms with E-state index in [1.165, 1.54) is 38.6 Å². The lowest BCUT2D eigenvalue weighted by atomic mass is 9.82. The minimum Gasteiger partial charge on any atom is -0.480 e. The van der Waals surface area contributed by atoms with E-state index in [9.17, 15) is 17.6 Å². The van der Waals surface area contributed by atoms with Crippen LogP contribution in [-0.2, 0) is 15.4 Å². The van der Waals surface area contributed by atoms with Crippen molar-refractivity contribution in [1.82, 2.24) is 9.97 Å². The molecule has 31 heavy (non-hydrogen) atoms. The van der Waals surface area contributed by atoms with Gasteiger partial charge in [-0.25, -0.2) is 22.8 Å². The van der Waals surface area contributed by atoms with Crippen molar-refractivity contribution in [1.29, 1.82) is 0 Å². The summed E-state index contributed by atoms with van der Waals surface area (Å²) in [5.41, 5.74) is 5.01. The molecule has 3 N–H and O–H groups in total. The third-order valence-electron chi connectivity index (χ3n) is 5.94. The van der Waals surface area contributed by atoms with Crippen LogP contribution in [0.5, 0.6) is 5.88 Å². The number of aromatic nitrogens is 2. The summed E-state index contributed by atoms with van der Waals surface area (Å²) < 4.78 is 44.6. The first-order valence-electron chi connectivity index (χ1n) is 9.66. The number of anilines is 1. The maximum absolute atomic E-state index is 14.8. The Morgan fingerprint density at radius 1 is 1.26 bits per heavy atom. The number of nitrogens with one attached hydrogen (secondary N) is 1. The Morgan fingerprint density at radius 3 is 2.55 bits per heavy atom. The number of benzene rings is 1. The molecule has 2 heterocycles. The van der Waals surface area contributed by atoms with E-state index in [0.717, 1.165) is 12.5 Å². The summed E-state index contributed by atoms with van der Waals surface area (Å²) in [5, 5.41) is 2.61. The van der Waals surface area contributed by atoms with Crippen molar-refractivity contribution in [2.24, 2.45) is 10.7 Å². The number of sulfone groups is 1. The average molecular weight is 447 g/mol. The molecule has 1 atom stereocenters. The topological polar surface area (TPSA) is 137 Å². The van der Waals surface area contributed by atoms with E-state index in [4.69, 9.17) is 10.5 Å². The molecular weight excluding hydrogens is 425 g/mol.